The van der Waals surface area contributed by atoms with Gasteiger partial charge in [0.25, 0.3) is 0 Å². The SMILES string of the molecule is c1ccc(OCC[C@@H]2CCOC23CCN(C2CCC2)CC3)nc1. The van der Waals surface area contributed by atoms with Crippen LogP contribution in [0.1, 0.15) is 44.9 Å². The van der Waals surface area contributed by atoms with Gasteiger partial charge < -0.3 is 14.4 Å². The molecule has 4 heteroatoms. The quantitative estimate of drug-likeness (QED) is 0.835. The van der Waals surface area contributed by atoms with E-state index in [-0.39, 0.29) is 5.60 Å². The van der Waals surface area contributed by atoms with E-state index >= 15 is 0 Å². The number of piperidine rings is 1. The second-order valence-electron chi connectivity index (χ2n) is 7.32. The third kappa shape index (κ3) is 3.24. The Bertz CT molecular complexity index is 495. The van der Waals surface area contributed by atoms with E-state index in [4.69, 9.17) is 9.47 Å². The number of hydrogen-bond donors (Lipinski definition) is 0. The normalized spacial score (nSPS) is 27.9. The van der Waals surface area contributed by atoms with Crippen molar-refractivity contribution in [3.63, 3.8) is 0 Å². The Morgan fingerprint density at radius 1 is 1.22 bits per heavy atom. The Hall–Kier alpha value is -1.13. The lowest BCUT2D eigenvalue weighted by atomic mass is 9.77. The molecule has 0 radical (unpaired) electrons. The summed E-state index contributed by atoms with van der Waals surface area (Å²) in [5.41, 5.74) is 0.133. The molecule has 3 aliphatic rings. The number of hydrogen-bond acceptors (Lipinski definition) is 4. The van der Waals surface area contributed by atoms with E-state index in [1.165, 1.54) is 51.6 Å². The molecular formula is C19H28N2O2. The highest BCUT2D eigenvalue weighted by Crippen LogP contribution is 2.43. The van der Waals surface area contributed by atoms with Crippen molar-refractivity contribution in [2.45, 2.75) is 56.6 Å². The molecule has 1 atom stereocenters. The van der Waals surface area contributed by atoms with Gasteiger partial charge in [0.05, 0.1) is 12.2 Å². The van der Waals surface area contributed by atoms with E-state index in [9.17, 15) is 0 Å². The number of likely N-dealkylation sites (tertiary alicyclic amines) is 1. The van der Waals surface area contributed by atoms with E-state index in [1.807, 2.05) is 18.2 Å². The standard InChI is InChI=1S/C19H28N2O2/c1-2-11-20-18(6-1)22-14-7-16-8-15-23-19(16)9-12-21(13-10-19)17-4-3-5-17/h1-2,6,11,16-17H,3-5,7-10,12-15H2/t16-/m1/s1. The summed E-state index contributed by atoms with van der Waals surface area (Å²) < 4.78 is 12.1. The molecule has 0 aromatic carbocycles. The summed E-state index contributed by atoms with van der Waals surface area (Å²) in [4.78, 5) is 6.94. The van der Waals surface area contributed by atoms with Gasteiger partial charge in [-0.05, 0) is 50.5 Å². The van der Waals surface area contributed by atoms with Crippen molar-refractivity contribution in [3.05, 3.63) is 24.4 Å². The fourth-order valence-corrected chi connectivity index (χ4v) is 4.50. The van der Waals surface area contributed by atoms with Crippen LogP contribution in [0.5, 0.6) is 5.88 Å². The first-order chi connectivity index (χ1) is 11.4. The minimum Gasteiger partial charge on any atom is -0.478 e. The molecule has 2 saturated heterocycles. The first-order valence-corrected chi connectivity index (χ1v) is 9.28. The fourth-order valence-electron chi connectivity index (χ4n) is 4.50. The van der Waals surface area contributed by atoms with Crippen LogP contribution in [0.15, 0.2) is 24.4 Å². The van der Waals surface area contributed by atoms with Crippen LogP contribution in [0.2, 0.25) is 0 Å². The molecule has 23 heavy (non-hydrogen) atoms. The van der Waals surface area contributed by atoms with Gasteiger partial charge in [-0.3, -0.25) is 0 Å². The summed E-state index contributed by atoms with van der Waals surface area (Å²) in [6.07, 6.45) is 10.7. The molecule has 4 rings (SSSR count). The van der Waals surface area contributed by atoms with Crippen LogP contribution < -0.4 is 4.74 Å². The Labute approximate surface area is 139 Å². The molecule has 126 valence electrons. The maximum atomic E-state index is 6.28. The fraction of sp³-hybridized carbons (Fsp3) is 0.737. The molecule has 0 unspecified atom stereocenters. The minimum atomic E-state index is 0.133. The monoisotopic (exact) mass is 316 g/mol. The van der Waals surface area contributed by atoms with Crippen LogP contribution in [-0.4, -0.2) is 47.8 Å². The van der Waals surface area contributed by atoms with E-state index in [0.29, 0.717) is 5.92 Å². The highest BCUT2D eigenvalue weighted by molar-refractivity contribution is 5.09. The average molecular weight is 316 g/mol. The zero-order valence-corrected chi connectivity index (χ0v) is 14.0. The predicted octanol–water partition coefficient (Wildman–Crippen LogP) is 3.27. The van der Waals surface area contributed by atoms with Crippen LogP contribution in [0.25, 0.3) is 0 Å². The Morgan fingerprint density at radius 2 is 2.09 bits per heavy atom. The van der Waals surface area contributed by atoms with Crippen molar-refractivity contribution < 1.29 is 9.47 Å². The van der Waals surface area contributed by atoms with Crippen molar-refractivity contribution >= 4 is 0 Å². The third-order valence-electron chi connectivity index (χ3n) is 6.19. The molecule has 1 aliphatic carbocycles. The van der Waals surface area contributed by atoms with E-state index in [1.54, 1.807) is 6.20 Å². The van der Waals surface area contributed by atoms with Crippen LogP contribution >= 0.6 is 0 Å². The second kappa shape index (κ2) is 6.78. The summed E-state index contributed by atoms with van der Waals surface area (Å²) in [7, 11) is 0. The number of aromatic nitrogens is 1. The molecule has 1 saturated carbocycles. The zero-order chi connectivity index (χ0) is 15.5. The maximum absolute atomic E-state index is 6.28. The predicted molar refractivity (Wildman–Crippen MR) is 89.6 cm³/mol. The van der Waals surface area contributed by atoms with Crippen LogP contribution in [0.4, 0.5) is 0 Å². The number of nitrogens with zero attached hydrogens (tertiary/aromatic N) is 2. The zero-order valence-electron chi connectivity index (χ0n) is 14.0. The maximum Gasteiger partial charge on any atom is 0.213 e. The van der Waals surface area contributed by atoms with Gasteiger partial charge in [-0.1, -0.05) is 12.5 Å². The molecule has 4 nitrogen and oxygen atoms in total. The molecule has 2 aliphatic heterocycles. The summed E-state index contributed by atoms with van der Waals surface area (Å²) in [6.45, 7) is 4.13. The second-order valence-corrected chi connectivity index (χ2v) is 7.32. The first kappa shape index (κ1) is 15.4. The molecule has 3 heterocycles. The van der Waals surface area contributed by atoms with Crippen molar-refractivity contribution in [3.8, 4) is 5.88 Å². The molecule has 3 fully saturated rings. The van der Waals surface area contributed by atoms with Crippen molar-refractivity contribution in [1.82, 2.24) is 9.88 Å². The molecule has 1 spiro atoms. The lowest BCUT2D eigenvalue weighted by Gasteiger charge is -2.47. The van der Waals surface area contributed by atoms with Crippen molar-refractivity contribution in [2.75, 3.05) is 26.3 Å². The van der Waals surface area contributed by atoms with E-state index in [0.717, 1.165) is 31.6 Å². The minimum absolute atomic E-state index is 0.133. The number of pyridine rings is 1. The van der Waals surface area contributed by atoms with Gasteiger partial charge in [0, 0.05) is 38.0 Å². The topological polar surface area (TPSA) is 34.6 Å². The van der Waals surface area contributed by atoms with Gasteiger partial charge in [-0.25, -0.2) is 4.98 Å². The van der Waals surface area contributed by atoms with Gasteiger partial charge in [-0.2, -0.15) is 0 Å². The van der Waals surface area contributed by atoms with E-state index in [2.05, 4.69) is 9.88 Å². The van der Waals surface area contributed by atoms with Crippen LogP contribution in [-0.2, 0) is 4.74 Å². The summed E-state index contributed by atoms with van der Waals surface area (Å²) >= 11 is 0. The Morgan fingerprint density at radius 3 is 2.78 bits per heavy atom. The summed E-state index contributed by atoms with van der Waals surface area (Å²) in [5, 5.41) is 0. The number of rotatable bonds is 5. The van der Waals surface area contributed by atoms with E-state index < -0.39 is 0 Å². The molecule has 0 bridgehead atoms. The molecular weight excluding hydrogens is 288 g/mol. The molecule has 1 aromatic heterocycles. The number of ether oxygens (including phenoxy) is 2. The summed E-state index contributed by atoms with van der Waals surface area (Å²) in [6, 6.07) is 6.69. The van der Waals surface area contributed by atoms with Gasteiger partial charge in [0.15, 0.2) is 0 Å². The average Bonchev–Trinajstić information content (AvgIpc) is 2.92. The highest BCUT2D eigenvalue weighted by Gasteiger charge is 2.46. The lowest BCUT2D eigenvalue weighted by molar-refractivity contribution is -0.0808. The smallest absolute Gasteiger partial charge is 0.213 e. The third-order valence-corrected chi connectivity index (χ3v) is 6.19. The summed E-state index contributed by atoms with van der Waals surface area (Å²) in [5.74, 6) is 1.38. The van der Waals surface area contributed by atoms with Gasteiger partial charge >= 0.3 is 0 Å². The Kier molecular flexibility index (Phi) is 4.54. The van der Waals surface area contributed by atoms with Gasteiger partial charge in [-0.15, -0.1) is 0 Å². The van der Waals surface area contributed by atoms with Crippen molar-refractivity contribution in [2.24, 2.45) is 5.92 Å². The molecule has 1 aromatic rings. The van der Waals surface area contributed by atoms with Crippen LogP contribution in [0.3, 0.4) is 0 Å². The van der Waals surface area contributed by atoms with Gasteiger partial charge in [0.2, 0.25) is 5.88 Å². The lowest BCUT2D eigenvalue weighted by Crippen LogP contribution is -2.52. The highest BCUT2D eigenvalue weighted by atomic mass is 16.5. The van der Waals surface area contributed by atoms with Crippen molar-refractivity contribution in [1.29, 1.82) is 0 Å². The first-order valence-electron chi connectivity index (χ1n) is 9.28. The largest absolute Gasteiger partial charge is 0.478 e. The molecule has 0 N–H and O–H groups in total. The Balaban J connectivity index is 1.28. The molecule has 0 amide bonds. The van der Waals surface area contributed by atoms with Crippen LogP contribution in [0, 0.1) is 5.92 Å². The van der Waals surface area contributed by atoms with Gasteiger partial charge in [0.1, 0.15) is 0 Å².